The van der Waals surface area contributed by atoms with Crippen LogP contribution in [0.2, 0.25) is 0 Å². The molecule has 1 aromatic heterocycles. The molecule has 0 aliphatic heterocycles. The molecule has 0 unspecified atom stereocenters. The van der Waals surface area contributed by atoms with Crippen LogP contribution in [-0.2, 0) is 0 Å². The van der Waals surface area contributed by atoms with E-state index in [-0.39, 0.29) is 0 Å². The number of hydrogen-bond donors (Lipinski definition) is 0. The highest BCUT2D eigenvalue weighted by Crippen LogP contribution is 2.10. The Balaban J connectivity index is 2.84. The van der Waals surface area contributed by atoms with Crippen LogP contribution in [0.1, 0.15) is 24.7 Å². The summed E-state index contributed by atoms with van der Waals surface area (Å²) in [4.78, 5) is 0. The number of nitrogens with zero attached hydrogens (tertiary/aromatic N) is 1. The lowest BCUT2D eigenvalue weighted by atomic mass is 10.2. The molecule has 0 N–H and O–H groups in total. The van der Waals surface area contributed by atoms with Crippen molar-refractivity contribution in [2.45, 2.75) is 13.3 Å². The van der Waals surface area contributed by atoms with Crippen molar-refractivity contribution in [2.24, 2.45) is 0 Å². The van der Waals surface area contributed by atoms with Crippen molar-refractivity contribution >= 4 is 12.2 Å². The van der Waals surface area contributed by atoms with Gasteiger partial charge in [-0.3, -0.25) is 0 Å². The van der Waals surface area contributed by atoms with Crippen LogP contribution in [0.3, 0.4) is 0 Å². The Morgan fingerprint density at radius 3 is 3.18 bits per heavy atom. The fourth-order valence-electron chi connectivity index (χ4n) is 0.781. The van der Waals surface area contributed by atoms with Crippen LogP contribution in [0.25, 0.3) is 12.2 Å². The van der Waals surface area contributed by atoms with E-state index in [4.69, 9.17) is 4.52 Å². The Hall–Kier alpha value is -1.31. The standard InChI is InChI=1S/C9H11NO/c1-3-5-6-8-7-10-11-9(8)4-2/h4-7H,2-3H2,1H3/b6-5-. The summed E-state index contributed by atoms with van der Waals surface area (Å²) in [5.74, 6) is 0.731. The Labute approximate surface area is 66.2 Å². The van der Waals surface area contributed by atoms with E-state index in [1.165, 1.54) is 0 Å². The molecule has 0 aliphatic carbocycles. The molecule has 0 saturated heterocycles. The highest BCUT2D eigenvalue weighted by molar-refractivity contribution is 5.59. The van der Waals surface area contributed by atoms with Crippen molar-refractivity contribution in [2.75, 3.05) is 0 Å². The lowest BCUT2D eigenvalue weighted by Crippen LogP contribution is -1.68. The van der Waals surface area contributed by atoms with Gasteiger partial charge in [0.2, 0.25) is 0 Å². The molecule has 0 bridgehead atoms. The molecule has 1 heterocycles. The number of aromatic nitrogens is 1. The van der Waals surface area contributed by atoms with Gasteiger partial charge in [-0.15, -0.1) is 0 Å². The van der Waals surface area contributed by atoms with Crippen molar-refractivity contribution in [1.82, 2.24) is 5.16 Å². The zero-order chi connectivity index (χ0) is 8.10. The van der Waals surface area contributed by atoms with E-state index in [0.29, 0.717) is 0 Å². The van der Waals surface area contributed by atoms with Crippen LogP contribution in [0.4, 0.5) is 0 Å². The average Bonchev–Trinajstić information content (AvgIpc) is 2.47. The average molecular weight is 149 g/mol. The Morgan fingerprint density at radius 1 is 1.73 bits per heavy atom. The summed E-state index contributed by atoms with van der Waals surface area (Å²) < 4.78 is 4.89. The molecule has 0 aliphatic rings. The maximum absolute atomic E-state index is 4.89. The highest BCUT2D eigenvalue weighted by Gasteiger charge is 1.97. The molecule has 2 nitrogen and oxygen atoms in total. The molecule has 0 atom stereocenters. The van der Waals surface area contributed by atoms with Crippen LogP contribution in [-0.4, -0.2) is 5.16 Å². The minimum atomic E-state index is 0.731. The molecule has 0 saturated carbocycles. The minimum absolute atomic E-state index is 0.731. The second kappa shape index (κ2) is 3.76. The van der Waals surface area contributed by atoms with E-state index in [1.54, 1.807) is 12.3 Å². The molecule has 58 valence electrons. The quantitative estimate of drug-likeness (QED) is 0.660. The van der Waals surface area contributed by atoms with Crippen molar-refractivity contribution < 1.29 is 4.52 Å². The molecule has 11 heavy (non-hydrogen) atoms. The minimum Gasteiger partial charge on any atom is -0.356 e. The lowest BCUT2D eigenvalue weighted by Gasteiger charge is -1.84. The second-order valence-corrected chi connectivity index (χ2v) is 2.16. The van der Waals surface area contributed by atoms with Gasteiger partial charge in [-0.1, -0.05) is 30.8 Å². The molecular formula is C9H11NO. The van der Waals surface area contributed by atoms with E-state index in [1.807, 2.05) is 6.08 Å². The predicted molar refractivity (Wildman–Crippen MR) is 45.9 cm³/mol. The van der Waals surface area contributed by atoms with Gasteiger partial charge in [-0.05, 0) is 12.5 Å². The summed E-state index contributed by atoms with van der Waals surface area (Å²) >= 11 is 0. The Morgan fingerprint density at radius 2 is 2.55 bits per heavy atom. The zero-order valence-corrected chi connectivity index (χ0v) is 6.58. The van der Waals surface area contributed by atoms with Crippen LogP contribution in [0.5, 0.6) is 0 Å². The van der Waals surface area contributed by atoms with Crippen LogP contribution >= 0.6 is 0 Å². The molecule has 0 amide bonds. The number of allylic oxidation sites excluding steroid dienone is 1. The summed E-state index contributed by atoms with van der Waals surface area (Å²) in [5.41, 5.74) is 0.988. The van der Waals surface area contributed by atoms with Gasteiger partial charge < -0.3 is 4.52 Å². The Kier molecular flexibility index (Phi) is 2.66. The molecule has 0 aromatic carbocycles. The summed E-state index contributed by atoms with van der Waals surface area (Å²) in [6.07, 6.45) is 8.39. The third kappa shape index (κ3) is 1.80. The van der Waals surface area contributed by atoms with Crippen molar-refractivity contribution in [3.8, 4) is 0 Å². The van der Waals surface area contributed by atoms with Crippen molar-refractivity contribution in [3.05, 3.63) is 30.2 Å². The molecule has 0 fully saturated rings. The second-order valence-electron chi connectivity index (χ2n) is 2.16. The molecule has 0 radical (unpaired) electrons. The molecular weight excluding hydrogens is 138 g/mol. The number of rotatable bonds is 3. The maximum atomic E-state index is 4.89. The SMILES string of the molecule is C=Cc1oncc1/C=C\CC. The number of hydrogen-bond acceptors (Lipinski definition) is 2. The highest BCUT2D eigenvalue weighted by atomic mass is 16.5. The van der Waals surface area contributed by atoms with Gasteiger partial charge in [-0.2, -0.15) is 0 Å². The van der Waals surface area contributed by atoms with Crippen LogP contribution < -0.4 is 0 Å². The van der Waals surface area contributed by atoms with E-state index in [9.17, 15) is 0 Å². The van der Waals surface area contributed by atoms with Crippen LogP contribution in [0, 0.1) is 0 Å². The van der Waals surface area contributed by atoms with Gasteiger partial charge in [-0.25, -0.2) is 0 Å². The summed E-state index contributed by atoms with van der Waals surface area (Å²) in [6, 6.07) is 0. The fraction of sp³-hybridized carbons (Fsp3) is 0.222. The molecule has 0 spiro atoms. The van der Waals surface area contributed by atoms with Crippen LogP contribution in [0.15, 0.2) is 23.4 Å². The third-order valence-corrected chi connectivity index (χ3v) is 1.35. The van der Waals surface area contributed by atoms with Gasteiger partial charge in [0, 0.05) is 5.56 Å². The molecule has 1 aromatic rings. The van der Waals surface area contributed by atoms with Gasteiger partial charge in [0.1, 0.15) is 0 Å². The monoisotopic (exact) mass is 149 g/mol. The fourth-order valence-corrected chi connectivity index (χ4v) is 0.781. The largest absolute Gasteiger partial charge is 0.356 e. The lowest BCUT2D eigenvalue weighted by molar-refractivity contribution is 0.412. The third-order valence-electron chi connectivity index (χ3n) is 1.35. The van der Waals surface area contributed by atoms with Crippen molar-refractivity contribution in [1.29, 1.82) is 0 Å². The zero-order valence-electron chi connectivity index (χ0n) is 6.58. The first-order chi connectivity index (χ1) is 5.38. The van der Waals surface area contributed by atoms with Gasteiger partial charge in [0.25, 0.3) is 0 Å². The maximum Gasteiger partial charge on any atom is 0.166 e. The van der Waals surface area contributed by atoms with E-state index >= 15 is 0 Å². The first-order valence-electron chi connectivity index (χ1n) is 3.62. The molecule has 2 heteroatoms. The first kappa shape index (κ1) is 7.79. The Bertz CT molecular complexity index is 260. The normalized spacial score (nSPS) is 10.6. The topological polar surface area (TPSA) is 26.0 Å². The predicted octanol–water partition coefficient (Wildman–Crippen LogP) is 2.74. The van der Waals surface area contributed by atoms with E-state index in [2.05, 4.69) is 24.7 Å². The van der Waals surface area contributed by atoms with Gasteiger partial charge >= 0.3 is 0 Å². The van der Waals surface area contributed by atoms with E-state index < -0.39 is 0 Å². The van der Waals surface area contributed by atoms with Gasteiger partial charge in [0.15, 0.2) is 5.76 Å². The smallest absolute Gasteiger partial charge is 0.166 e. The summed E-state index contributed by atoms with van der Waals surface area (Å²) in [7, 11) is 0. The molecule has 1 rings (SSSR count). The van der Waals surface area contributed by atoms with Crippen molar-refractivity contribution in [3.63, 3.8) is 0 Å². The summed E-state index contributed by atoms with van der Waals surface area (Å²) in [6.45, 7) is 5.69. The van der Waals surface area contributed by atoms with E-state index in [0.717, 1.165) is 17.7 Å². The summed E-state index contributed by atoms with van der Waals surface area (Å²) in [5, 5.41) is 3.65. The first-order valence-corrected chi connectivity index (χ1v) is 3.62. The van der Waals surface area contributed by atoms with Gasteiger partial charge in [0.05, 0.1) is 6.20 Å².